The molecule has 0 saturated heterocycles. The normalized spacial score (nSPS) is 12.2. The van der Waals surface area contributed by atoms with Crippen LogP contribution in [-0.4, -0.2) is 28.6 Å². The maximum atomic E-state index is 11.5. The van der Waals surface area contributed by atoms with Crippen LogP contribution in [0.3, 0.4) is 0 Å². The van der Waals surface area contributed by atoms with Crippen molar-refractivity contribution in [3.8, 4) is 0 Å². The number of rotatable bonds is 6. The summed E-state index contributed by atoms with van der Waals surface area (Å²) in [4.78, 5) is 26.7. The van der Waals surface area contributed by atoms with Gasteiger partial charge in [-0.3, -0.25) is 4.79 Å². The Balaban J connectivity index is 2.33. The molecule has 1 heterocycles. The molecule has 0 aliphatic rings. The molecular formula is C12H19N3O3S. The fourth-order valence-corrected chi connectivity index (χ4v) is 2.22. The van der Waals surface area contributed by atoms with Gasteiger partial charge in [0.15, 0.2) is 0 Å². The van der Waals surface area contributed by atoms with Gasteiger partial charge < -0.3 is 15.7 Å². The molecule has 0 spiro atoms. The third-order valence-corrected chi connectivity index (χ3v) is 3.64. The van der Waals surface area contributed by atoms with Gasteiger partial charge in [0.1, 0.15) is 5.01 Å². The van der Waals surface area contributed by atoms with Crippen LogP contribution in [0.5, 0.6) is 0 Å². The molecule has 0 aliphatic heterocycles. The summed E-state index contributed by atoms with van der Waals surface area (Å²) in [5, 5.41) is 16.9. The second-order valence-corrected chi connectivity index (χ2v) is 5.58. The molecule has 1 unspecified atom stereocenters. The predicted molar refractivity (Wildman–Crippen MR) is 73.1 cm³/mol. The van der Waals surface area contributed by atoms with E-state index in [0.29, 0.717) is 6.54 Å². The Morgan fingerprint density at radius 2 is 2.11 bits per heavy atom. The van der Waals surface area contributed by atoms with Gasteiger partial charge in [0.25, 0.3) is 0 Å². The van der Waals surface area contributed by atoms with E-state index < -0.39 is 11.9 Å². The van der Waals surface area contributed by atoms with Gasteiger partial charge in [0, 0.05) is 17.6 Å². The minimum absolute atomic E-state index is 0.0283. The van der Waals surface area contributed by atoms with Gasteiger partial charge in [-0.25, -0.2) is 9.78 Å². The molecule has 0 aromatic carbocycles. The average molecular weight is 285 g/mol. The van der Waals surface area contributed by atoms with Gasteiger partial charge in [0.2, 0.25) is 0 Å². The van der Waals surface area contributed by atoms with Crippen LogP contribution in [0.25, 0.3) is 0 Å². The van der Waals surface area contributed by atoms with E-state index >= 15 is 0 Å². The number of carbonyl (C=O) groups excluding carboxylic acids is 1. The maximum Gasteiger partial charge on any atom is 0.315 e. The lowest BCUT2D eigenvalue weighted by Gasteiger charge is -2.16. The Morgan fingerprint density at radius 3 is 2.58 bits per heavy atom. The average Bonchev–Trinajstić information content (AvgIpc) is 2.71. The van der Waals surface area contributed by atoms with Crippen molar-refractivity contribution >= 4 is 23.3 Å². The molecule has 2 amide bonds. The highest BCUT2D eigenvalue weighted by molar-refractivity contribution is 7.09. The van der Waals surface area contributed by atoms with Crippen LogP contribution in [0, 0.1) is 18.8 Å². The highest BCUT2D eigenvalue weighted by Crippen LogP contribution is 2.10. The van der Waals surface area contributed by atoms with Gasteiger partial charge in [-0.2, -0.15) is 0 Å². The van der Waals surface area contributed by atoms with Crippen LogP contribution >= 0.6 is 11.3 Å². The van der Waals surface area contributed by atoms with Crippen LogP contribution in [0.2, 0.25) is 0 Å². The van der Waals surface area contributed by atoms with E-state index in [-0.39, 0.29) is 18.5 Å². The third kappa shape index (κ3) is 5.25. The van der Waals surface area contributed by atoms with E-state index in [1.54, 1.807) is 0 Å². The van der Waals surface area contributed by atoms with Gasteiger partial charge in [-0.1, -0.05) is 13.8 Å². The Kier molecular flexibility index (Phi) is 5.75. The van der Waals surface area contributed by atoms with Crippen LogP contribution < -0.4 is 10.6 Å². The molecule has 1 atom stereocenters. The van der Waals surface area contributed by atoms with Crippen LogP contribution in [-0.2, 0) is 11.3 Å². The molecule has 0 aliphatic carbocycles. The van der Waals surface area contributed by atoms with E-state index in [0.717, 1.165) is 10.7 Å². The molecule has 6 nitrogen and oxygen atoms in total. The Morgan fingerprint density at radius 1 is 1.42 bits per heavy atom. The van der Waals surface area contributed by atoms with E-state index in [4.69, 9.17) is 5.11 Å². The van der Waals surface area contributed by atoms with Gasteiger partial charge in [-0.05, 0) is 12.8 Å². The number of nitrogens with one attached hydrogen (secondary N) is 2. The second kappa shape index (κ2) is 7.08. The lowest BCUT2D eigenvalue weighted by molar-refractivity contribution is -0.142. The van der Waals surface area contributed by atoms with E-state index in [1.165, 1.54) is 11.3 Å². The number of aromatic nitrogens is 1. The largest absolute Gasteiger partial charge is 0.481 e. The summed E-state index contributed by atoms with van der Waals surface area (Å²) in [5.41, 5.74) is 0.924. The Labute approximate surface area is 116 Å². The standard InChI is InChI=1S/C12H19N3O3S/c1-7(2)9(11(16)17)4-13-12(18)14-5-10-15-8(3)6-19-10/h6-7,9H,4-5H2,1-3H3,(H,16,17)(H2,13,14,18). The monoisotopic (exact) mass is 285 g/mol. The topological polar surface area (TPSA) is 91.3 Å². The first-order chi connectivity index (χ1) is 8.90. The molecule has 0 fully saturated rings. The summed E-state index contributed by atoms with van der Waals surface area (Å²) >= 11 is 1.48. The van der Waals surface area contributed by atoms with Crippen LogP contribution in [0.4, 0.5) is 4.79 Å². The number of nitrogens with zero attached hydrogens (tertiary/aromatic N) is 1. The molecule has 1 aromatic rings. The molecule has 0 bridgehead atoms. The van der Waals surface area contributed by atoms with E-state index in [1.807, 2.05) is 26.2 Å². The van der Waals surface area contributed by atoms with Crippen molar-refractivity contribution < 1.29 is 14.7 Å². The van der Waals surface area contributed by atoms with Crippen molar-refractivity contribution in [3.63, 3.8) is 0 Å². The molecule has 1 rings (SSSR count). The number of aliphatic carboxylic acids is 1. The minimum Gasteiger partial charge on any atom is -0.481 e. The lowest BCUT2D eigenvalue weighted by atomic mass is 9.96. The van der Waals surface area contributed by atoms with Crippen LogP contribution in [0.1, 0.15) is 24.5 Å². The molecule has 0 saturated carbocycles. The van der Waals surface area contributed by atoms with Gasteiger partial charge in [-0.15, -0.1) is 11.3 Å². The van der Waals surface area contributed by atoms with Crippen molar-refractivity contribution in [2.75, 3.05) is 6.54 Å². The number of carbonyl (C=O) groups is 2. The van der Waals surface area contributed by atoms with Crippen LogP contribution in [0.15, 0.2) is 5.38 Å². The summed E-state index contributed by atoms with van der Waals surface area (Å²) in [6, 6.07) is -0.375. The highest BCUT2D eigenvalue weighted by atomic mass is 32.1. The highest BCUT2D eigenvalue weighted by Gasteiger charge is 2.21. The fraction of sp³-hybridized carbons (Fsp3) is 0.583. The molecule has 7 heteroatoms. The zero-order valence-electron chi connectivity index (χ0n) is 11.3. The number of carboxylic acids is 1. The van der Waals surface area contributed by atoms with Crippen molar-refractivity contribution in [2.24, 2.45) is 11.8 Å². The molecular weight excluding hydrogens is 266 g/mol. The van der Waals surface area contributed by atoms with Crippen molar-refractivity contribution in [3.05, 3.63) is 16.1 Å². The second-order valence-electron chi connectivity index (χ2n) is 4.63. The first-order valence-electron chi connectivity index (χ1n) is 6.05. The van der Waals surface area contributed by atoms with Crippen molar-refractivity contribution in [1.29, 1.82) is 0 Å². The first kappa shape index (κ1) is 15.4. The predicted octanol–water partition coefficient (Wildman–Crippen LogP) is 1.61. The Bertz CT molecular complexity index is 445. The van der Waals surface area contributed by atoms with E-state index in [9.17, 15) is 9.59 Å². The minimum atomic E-state index is -0.897. The summed E-state index contributed by atoms with van der Waals surface area (Å²) in [6.07, 6.45) is 0. The zero-order chi connectivity index (χ0) is 14.4. The first-order valence-corrected chi connectivity index (χ1v) is 6.93. The number of aryl methyl sites for hydroxylation is 1. The SMILES string of the molecule is Cc1csc(CNC(=O)NCC(C(=O)O)C(C)C)n1. The maximum absolute atomic E-state index is 11.5. The number of carboxylic acid groups (broad SMARTS) is 1. The molecule has 19 heavy (non-hydrogen) atoms. The molecule has 3 N–H and O–H groups in total. The smallest absolute Gasteiger partial charge is 0.315 e. The summed E-state index contributed by atoms with van der Waals surface area (Å²) in [7, 11) is 0. The number of thiazole rings is 1. The Hall–Kier alpha value is -1.63. The lowest BCUT2D eigenvalue weighted by Crippen LogP contribution is -2.41. The summed E-state index contributed by atoms with van der Waals surface area (Å²) < 4.78 is 0. The van der Waals surface area contributed by atoms with Crippen molar-refractivity contribution in [2.45, 2.75) is 27.3 Å². The number of amides is 2. The molecule has 106 valence electrons. The fourth-order valence-electron chi connectivity index (χ4n) is 1.51. The van der Waals surface area contributed by atoms with Gasteiger partial charge in [0.05, 0.1) is 12.5 Å². The molecule has 1 aromatic heterocycles. The third-order valence-electron chi connectivity index (χ3n) is 2.67. The summed E-state index contributed by atoms with van der Waals surface area (Å²) in [6.45, 7) is 5.99. The number of hydrogen-bond donors (Lipinski definition) is 3. The molecule has 0 radical (unpaired) electrons. The van der Waals surface area contributed by atoms with Gasteiger partial charge >= 0.3 is 12.0 Å². The quantitative estimate of drug-likeness (QED) is 0.740. The van der Waals surface area contributed by atoms with Crippen molar-refractivity contribution in [1.82, 2.24) is 15.6 Å². The number of hydrogen-bond acceptors (Lipinski definition) is 4. The van der Waals surface area contributed by atoms with E-state index in [2.05, 4.69) is 15.6 Å². The zero-order valence-corrected chi connectivity index (χ0v) is 12.1. The number of urea groups is 1. The summed E-state index contributed by atoms with van der Waals surface area (Å²) in [5.74, 6) is -1.50.